The lowest BCUT2D eigenvalue weighted by molar-refractivity contribution is 0.0786. The van der Waals surface area contributed by atoms with E-state index in [-0.39, 0.29) is 12.5 Å². The molecule has 3 aromatic carbocycles. The number of amides is 1. The first-order valence-corrected chi connectivity index (χ1v) is 13.7. The Morgan fingerprint density at radius 2 is 1.67 bits per heavy atom. The monoisotopic (exact) mass is 521 g/mol. The van der Waals surface area contributed by atoms with Gasteiger partial charge in [0, 0.05) is 18.7 Å². The van der Waals surface area contributed by atoms with Crippen LogP contribution < -0.4 is 13.6 Å². The molecule has 186 valence electrons. The number of hydrogen-bond acceptors (Lipinski definition) is 6. The molecule has 1 fully saturated rings. The molecule has 0 spiro atoms. The Morgan fingerprint density at radius 1 is 1.06 bits per heavy atom. The molecule has 4 rings (SSSR count). The molecule has 1 aliphatic heterocycles. The number of carbonyl (C=O) groups excluding carboxylic acids is 1. The van der Waals surface area contributed by atoms with Gasteiger partial charge in [0.2, 0.25) is 0 Å². The first-order valence-electron chi connectivity index (χ1n) is 11.4. The van der Waals surface area contributed by atoms with Crippen LogP contribution >= 0.6 is 11.9 Å². The number of ether oxygens (including phenoxy) is 2. The van der Waals surface area contributed by atoms with Gasteiger partial charge < -0.3 is 14.4 Å². The van der Waals surface area contributed by atoms with Gasteiger partial charge in [0.15, 0.2) is 0 Å². The number of nitrogens with one attached hydrogen (secondary N) is 1. The van der Waals surface area contributed by atoms with Gasteiger partial charge in [-0.25, -0.2) is 4.21 Å². The van der Waals surface area contributed by atoms with E-state index in [0.29, 0.717) is 42.1 Å². The highest BCUT2D eigenvalue weighted by atomic mass is 32.2. The molecule has 0 radical (unpaired) electrons. The number of hydrogen-bond donors (Lipinski definition) is 1. The van der Waals surface area contributed by atoms with E-state index in [9.17, 15) is 9.00 Å². The Labute approximate surface area is 218 Å². The molecule has 1 saturated heterocycles. The first-order chi connectivity index (χ1) is 17.5. The second kappa shape index (κ2) is 11.6. The summed E-state index contributed by atoms with van der Waals surface area (Å²) in [5.41, 5.74) is 3.19. The van der Waals surface area contributed by atoms with E-state index in [2.05, 4.69) is 10.2 Å². The van der Waals surface area contributed by atoms with Gasteiger partial charge in [-0.1, -0.05) is 36.2 Å². The van der Waals surface area contributed by atoms with E-state index in [4.69, 9.17) is 14.7 Å². The molecule has 2 unspecified atom stereocenters. The van der Waals surface area contributed by atoms with Crippen molar-refractivity contribution in [3.63, 3.8) is 0 Å². The van der Waals surface area contributed by atoms with Crippen LogP contribution in [0.5, 0.6) is 11.5 Å². The minimum Gasteiger partial charge on any atom is -0.497 e. The molecule has 36 heavy (non-hydrogen) atoms. The van der Waals surface area contributed by atoms with Gasteiger partial charge in [0.05, 0.1) is 18.7 Å². The van der Waals surface area contributed by atoms with Gasteiger partial charge in [-0.2, -0.15) is 9.39 Å². The van der Waals surface area contributed by atoms with Gasteiger partial charge in [0.25, 0.3) is 5.91 Å². The smallest absolute Gasteiger partial charge is 0.253 e. The Morgan fingerprint density at radius 3 is 2.25 bits per heavy atom. The standard InChI is InChI=1S/C27H27N3O4S2/c1-33-24-11-9-23(10-12-24)26(31)30-16-15-27(18-30,36(32)29-35-2)19-34-25-13-7-22(8-14-25)21-5-3-20(17-28)4-6-21/h3-14,29H,15-16,18-19H2,1-2H3. The van der Waals surface area contributed by atoms with Crippen molar-refractivity contribution < 1.29 is 18.5 Å². The van der Waals surface area contributed by atoms with Crippen LogP contribution in [-0.4, -0.2) is 52.8 Å². The lowest BCUT2D eigenvalue weighted by Gasteiger charge is -2.28. The van der Waals surface area contributed by atoms with Crippen LogP contribution in [0.25, 0.3) is 11.1 Å². The molecular weight excluding hydrogens is 494 g/mol. The summed E-state index contributed by atoms with van der Waals surface area (Å²) >= 11 is 1.29. The lowest BCUT2D eigenvalue weighted by Crippen LogP contribution is -2.47. The molecule has 0 aromatic heterocycles. The topological polar surface area (TPSA) is 91.7 Å². The van der Waals surface area contributed by atoms with E-state index < -0.39 is 15.7 Å². The minimum absolute atomic E-state index is 0.104. The van der Waals surface area contributed by atoms with Crippen molar-refractivity contribution in [2.45, 2.75) is 11.2 Å². The summed E-state index contributed by atoms with van der Waals surface area (Å²) in [6.07, 6.45) is 2.38. The Kier molecular flexibility index (Phi) is 8.31. The van der Waals surface area contributed by atoms with Crippen molar-refractivity contribution in [2.24, 2.45) is 0 Å². The fourth-order valence-corrected chi connectivity index (χ4v) is 6.14. The van der Waals surface area contributed by atoms with Crippen molar-refractivity contribution in [3.05, 3.63) is 83.9 Å². The number of carbonyl (C=O) groups is 1. The number of likely N-dealkylation sites (tertiary alicyclic amines) is 1. The fourth-order valence-electron chi connectivity index (χ4n) is 4.12. The van der Waals surface area contributed by atoms with Crippen LogP contribution in [0.15, 0.2) is 72.8 Å². The van der Waals surface area contributed by atoms with Gasteiger partial charge in [-0.15, -0.1) is 0 Å². The average molecular weight is 522 g/mol. The third-order valence-corrected chi connectivity index (χ3v) is 8.71. The molecule has 7 nitrogen and oxygen atoms in total. The zero-order valence-corrected chi connectivity index (χ0v) is 21.7. The summed E-state index contributed by atoms with van der Waals surface area (Å²) in [5.74, 6) is 1.24. The normalized spacial score (nSPS) is 17.9. The second-order valence-electron chi connectivity index (χ2n) is 8.45. The summed E-state index contributed by atoms with van der Waals surface area (Å²) in [4.78, 5) is 14.8. The van der Waals surface area contributed by atoms with Crippen LogP contribution in [0, 0.1) is 11.3 Å². The van der Waals surface area contributed by atoms with Gasteiger partial charge in [-0.3, -0.25) is 4.79 Å². The molecule has 1 heterocycles. The number of methoxy groups -OCH3 is 1. The number of nitriles is 1. The number of rotatable bonds is 9. The SMILES string of the molecule is COc1ccc(C(=O)N2CCC(COc3ccc(-c4ccc(C#N)cc4)cc3)(S(=O)NSC)C2)cc1. The van der Waals surface area contributed by atoms with E-state index in [1.54, 1.807) is 48.4 Å². The van der Waals surface area contributed by atoms with Crippen molar-refractivity contribution in [2.75, 3.05) is 33.1 Å². The molecule has 0 saturated carbocycles. The first kappa shape index (κ1) is 25.8. The predicted molar refractivity (Wildman–Crippen MR) is 143 cm³/mol. The van der Waals surface area contributed by atoms with Crippen molar-refractivity contribution in [3.8, 4) is 28.7 Å². The number of benzene rings is 3. The van der Waals surface area contributed by atoms with Crippen LogP contribution in [0.3, 0.4) is 0 Å². The second-order valence-corrected chi connectivity index (χ2v) is 10.9. The average Bonchev–Trinajstić information content (AvgIpc) is 3.38. The van der Waals surface area contributed by atoms with Crippen molar-refractivity contribution in [1.29, 1.82) is 5.26 Å². The number of nitrogens with zero attached hydrogens (tertiary/aromatic N) is 2. The maximum absolute atomic E-state index is 13.2. The molecule has 1 amide bonds. The van der Waals surface area contributed by atoms with E-state index in [0.717, 1.165) is 11.1 Å². The quantitative estimate of drug-likeness (QED) is 0.419. The fraction of sp³-hybridized carbons (Fsp3) is 0.259. The van der Waals surface area contributed by atoms with E-state index in [1.807, 2.05) is 42.7 Å². The Bertz CT molecular complexity index is 1260. The predicted octanol–water partition coefficient (Wildman–Crippen LogP) is 4.43. The van der Waals surface area contributed by atoms with E-state index >= 15 is 0 Å². The Balaban J connectivity index is 1.45. The largest absolute Gasteiger partial charge is 0.497 e. The van der Waals surface area contributed by atoms with Gasteiger partial charge >= 0.3 is 0 Å². The molecule has 0 bridgehead atoms. The molecule has 2 atom stereocenters. The maximum Gasteiger partial charge on any atom is 0.253 e. The Hall–Kier alpha value is -3.32. The van der Waals surface area contributed by atoms with Crippen LogP contribution in [-0.2, 0) is 11.0 Å². The summed E-state index contributed by atoms with van der Waals surface area (Å²) < 4.78 is 26.7. The van der Waals surface area contributed by atoms with Crippen LogP contribution in [0.4, 0.5) is 0 Å². The zero-order valence-electron chi connectivity index (χ0n) is 20.1. The summed E-state index contributed by atoms with van der Waals surface area (Å²) in [7, 11) is 0.168. The highest BCUT2D eigenvalue weighted by molar-refractivity contribution is 8.07. The third kappa shape index (κ3) is 5.73. The highest BCUT2D eigenvalue weighted by Crippen LogP contribution is 2.31. The van der Waals surface area contributed by atoms with Crippen molar-refractivity contribution in [1.82, 2.24) is 9.03 Å². The molecule has 1 aliphatic rings. The summed E-state index contributed by atoms with van der Waals surface area (Å²) in [5, 5.41) is 8.98. The van der Waals surface area contributed by atoms with Crippen molar-refractivity contribution >= 4 is 28.8 Å². The van der Waals surface area contributed by atoms with E-state index in [1.165, 1.54) is 11.9 Å². The molecular formula is C27H27N3O4S2. The molecule has 3 aromatic rings. The highest BCUT2D eigenvalue weighted by Gasteiger charge is 2.46. The third-order valence-electron chi connectivity index (χ3n) is 6.20. The lowest BCUT2D eigenvalue weighted by atomic mass is 10.0. The molecule has 1 N–H and O–H groups in total. The summed E-state index contributed by atoms with van der Waals surface area (Å²) in [6, 6.07) is 24.2. The molecule has 9 heteroatoms. The minimum atomic E-state index is -1.42. The summed E-state index contributed by atoms with van der Waals surface area (Å²) in [6.45, 7) is 1.02. The van der Waals surface area contributed by atoms with Crippen LogP contribution in [0.2, 0.25) is 0 Å². The maximum atomic E-state index is 13.2. The molecule has 0 aliphatic carbocycles. The zero-order chi connectivity index (χ0) is 25.5. The van der Waals surface area contributed by atoms with Gasteiger partial charge in [0.1, 0.15) is 33.8 Å². The van der Waals surface area contributed by atoms with Crippen LogP contribution in [0.1, 0.15) is 22.3 Å². The van der Waals surface area contributed by atoms with Gasteiger partial charge in [-0.05, 0) is 72.3 Å².